The second-order valence-corrected chi connectivity index (χ2v) is 18.7. The van der Waals surface area contributed by atoms with Crippen LogP contribution in [-0.2, 0) is 26.5 Å². The van der Waals surface area contributed by atoms with E-state index in [4.69, 9.17) is 4.74 Å². The number of nitro groups is 1. The molecule has 13 heteroatoms. The first-order valence-corrected chi connectivity index (χ1v) is 20.6. The number of amides is 3. The highest BCUT2D eigenvalue weighted by Crippen LogP contribution is 2.61. The smallest absolute Gasteiger partial charge is 0.269 e. The predicted octanol–water partition coefficient (Wildman–Crippen LogP) is 6.74. The van der Waals surface area contributed by atoms with Crippen LogP contribution in [0, 0.1) is 16.0 Å². The highest BCUT2D eigenvalue weighted by Gasteiger charge is 2.67. The average Bonchev–Trinajstić information content (AvgIpc) is 3.85. The van der Waals surface area contributed by atoms with E-state index in [0.717, 1.165) is 22.9 Å². The molecule has 0 saturated carbocycles. The average molecular weight is 723 g/mol. The second-order valence-electron chi connectivity index (χ2n) is 14.9. The van der Waals surface area contributed by atoms with Gasteiger partial charge in [0, 0.05) is 46.8 Å². The molecule has 0 aliphatic carbocycles. The van der Waals surface area contributed by atoms with Gasteiger partial charge in [-0.1, -0.05) is 43.3 Å². The molecule has 4 aliphatic rings. The number of nitrogens with zero attached hydrogens (tertiary/aromatic N) is 4. The number of non-ortho nitro benzene ring substituents is 1. The Bertz CT molecular complexity index is 2170. The zero-order chi connectivity index (χ0) is 36.7. The van der Waals surface area contributed by atoms with Crippen LogP contribution in [0.2, 0.25) is 18.6 Å². The van der Waals surface area contributed by atoms with Crippen molar-refractivity contribution in [3.05, 3.63) is 106 Å². The summed E-state index contributed by atoms with van der Waals surface area (Å²) in [5.41, 5.74) is 0.590. The van der Waals surface area contributed by atoms with Crippen LogP contribution in [0.15, 0.2) is 78.9 Å². The van der Waals surface area contributed by atoms with Crippen molar-refractivity contribution in [1.29, 1.82) is 0 Å². The topological polar surface area (TPSA) is 134 Å². The summed E-state index contributed by atoms with van der Waals surface area (Å²) in [5.74, 6) is -1.67. The van der Waals surface area contributed by atoms with E-state index in [1.807, 2.05) is 60.7 Å². The van der Waals surface area contributed by atoms with E-state index in [9.17, 15) is 29.6 Å². The number of ether oxygens (including phenoxy) is 1. The number of rotatable bonds is 8. The van der Waals surface area contributed by atoms with Crippen molar-refractivity contribution in [1.82, 2.24) is 4.90 Å². The highest BCUT2D eigenvalue weighted by atomic mass is 28.4. The number of hydrogen-bond acceptors (Lipinski definition) is 7. The number of aliphatic hydroxyl groups is 1. The van der Waals surface area contributed by atoms with Crippen LogP contribution in [0.4, 0.5) is 26.9 Å². The summed E-state index contributed by atoms with van der Waals surface area (Å²) in [7, 11) is -3.62. The Morgan fingerprint density at radius 3 is 2.54 bits per heavy atom. The normalized spacial score (nSPS) is 25.2. The van der Waals surface area contributed by atoms with E-state index in [-0.39, 0.29) is 48.7 Å². The Labute approximate surface area is 300 Å². The third kappa shape index (κ3) is 5.08. The van der Waals surface area contributed by atoms with Crippen molar-refractivity contribution >= 4 is 59.7 Å². The Balaban J connectivity index is 1.16. The number of likely N-dealkylation sites (tertiary alicyclic amines) is 1. The monoisotopic (exact) mass is 722 g/mol. The molecule has 4 aromatic carbocycles. The van der Waals surface area contributed by atoms with Crippen molar-refractivity contribution in [2.75, 3.05) is 23.0 Å². The van der Waals surface area contributed by atoms with Crippen molar-refractivity contribution in [3.8, 4) is 0 Å². The summed E-state index contributed by atoms with van der Waals surface area (Å²) in [6.45, 7) is 5.17. The molecule has 5 atom stereocenters. The number of carbonyl (C=O) groups is 3. The van der Waals surface area contributed by atoms with Crippen molar-refractivity contribution in [2.24, 2.45) is 5.92 Å². The summed E-state index contributed by atoms with van der Waals surface area (Å²) in [4.78, 5) is 58.6. The summed E-state index contributed by atoms with van der Waals surface area (Å²) >= 11 is 0. The van der Waals surface area contributed by atoms with Gasteiger partial charge < -0.3 is 23.8 Å². The molecule has 2 fully saturated rings. The standard InChI is InChI=1S/C39H39FN4O7Si/c1-23-36(52(2,3)40)33(20-34(46)41-17-7-12-28(41)22-45)51-39(23)30-19-27(44(49)50)15-16-31(30)42(38(39)48)21-24-8-4-11-26(18-24)43-32-14-6-10-25-9-5-13-29(35(25)32)37(43)47/h4-6,8-11,13-16,18-19,23,28,33,36,45H,7,12,17,20-22H2,1-3H3/t23-,28-,33+,36-,39+/m0/s1. The van der Waals surface area contributed by atoms with E-state index >= 15 is 4.11 Å². The fourth-order valence-corrected chi connectivity index (χ4v) is 11.8. The summed E-state index contributed by atoms with van der Waals surface area (Å²) in [5, 5.41) is 23.7. The van der Waals surface area contributed by atoms with Crippen LogP contribution in [0.5, 0.6) is 0 Å². The molecule has 11 nitrogen and oxygen atoms in total. The lowest BCUT2D eigenvalue weighted by Gasteiger charge is -2.31. The molecule has 52 heavy (non-hydrogen) atoms. The van der Waals surface area contributed by atoms with Crippen molar-refractivity contribution in [3.63, 3.8) is 0 Å². The van der Waals surface area contributed by atoms with Gasteiger partial charge in [0.25, 0.3) is 17.5 Å². The van der Waals surface area contributed by atoms with E-state index in [0.29, 0.717) is 35.5 Å². The van der Waals surface area contributed by atoms with Crippen molar-refractivity contribution < 1.29 is 33.3 Å². The molecule has 0 radical (unpaired) electrons. The van der Waals surface area contributed by atoms with Gasteiger partial charge in [-0.05, 0) is 67.2 Å². The zero-order valence-corrected chi connectivity index (χ0v) is 30.1. The summed E-state index contributed by atoms with van der Waals surface area (Å²) in [6.07, 6.45) is 0.280. The number of aliphatic hydroxyl groups excluding tert-OH is 1. The van der Waals surface area contributed by atoms with E-state index in [2.05, 4.69) is 0 Å². The van der Waals surface area contributed by atoms with Gasteiger partial charge in [0.05, 0.1) is 53.6 Å². The molecule has 4 aliphatic heterocycles. The van der Waals surface area contributed by atoms with E-state index in [1.54, 1.807) is 16.7 Å². The van der Waals surface area contributed by atoms with Crippen LogP contribution >= 0.6 is 0 Å². The van der Waals surface area contributed by atoms with Gasteiger partial charge in [0.15, 0.2) is 5.60 Å². The molecule has 1 N–H and O–H groups in total. The number of anilines is 3. The molecule has 2 saturated heterocycles. The Hall–Kier alpha value is -4.98. The SMILES string of the molecule is C[C@H]1[C@H]([Si](C)(C)F)[C@@H](CC(=O)N2CCC[C@H]2CO)O[C@]12C(=O)N(Cc1cccc(N3C(=O)c4cccc5cccc3c45)c1)c1ccc([N+](=O)[O-])cc12. The molecular weight excluding hydrogens is 684 g/mol. The van der Waals surface area contributed by atoms with E-state index in [1.165, 1.54) is 36.2 Å². The molecule has 0 unspecified atom stereocenters. The van der Waals surface area contributed by atoms with Crippen LogP contribution in [-0.4, -0.2) is 66.4 Å². The Morgan fingerprint density at radius 1 is 1.06 bits per heavy atom. The number of halogens is 1. The van der Waals surface area contributed by atoms with Gasteiger partial charge in [-0.25, -0.2) is 0 Å². The van der Waals surface area contributed by atoms with Crippen LogP contribution in [0.1, 0.15) is 47.7 Å². The highest BCUT2D eigenvalue weighted by molar-refractivity contribution is 6.72. The number of nitro benzene ring substituents is 1. The third-order valence-corrected chi connectivity index (χ3v) is 14.0. The Kier molecular flexibility index (Phi) is 8.08. The zero-order valence-electron chi connectivity index (χ0n) is 29.1. The lowest BCUT2D eigenvalue weighted by atomic mass is 9.82. The molecule has 4 aromatic rings. The molecule has 0 aromatic heterocycles. The minimum absolute atomic E-state index is 0.0468. The number of hydrogen-bond donors (Lipinski definition) is 1. The lowest BCUT2D eigenvalue weighted by Crippen LogP contribution is -2.45. The third-order valence-electron chi connectivity index (χ3n) is 11.5. The maximum Gasteiger partial charge on any atom is 0.269 e. The van der Waals surface area contributed by atoms with Crippen LogP contribution in [0.25, 0.3) is 10.8 Å². The first-order valence-electron chi connectivity index (χ1n) is 17.7. The summed E-state index contributed by atoms with van der Waals surface area (Å²) in [6, 6.07) is 22.6. The van der Waals surface area contributed by atoms with Gasteiger partial charge in [-0.3, -0.25) is 29.4 Å². The Morgan fingerprint density at radius 2 is 1.81 bits per heavy atom. The number of carbonyl (C=O) groups excluding carboxylic acids is 3. The van der Waals surface area contributed by atoms with Crippen LogP contribution < -0.4 is 9.80 Å². The molecule has 8 rings (SSSR count). The van der Waals surface area contributed by atoms with Gasteiger partial charge in [0.2, 0.25) is 14.3 Å². The molecule has 268 valence electrons. The fraction of sp³-hybridized carbons (Fsp3) is 0.359. The maximum atomic E-state index is 16.4. The molecule has 0 bridgehead atoms. The molecule has 4 heterocycles. The molecule has 1 spiro atoms. The molecular formula is C39H39FN4O7Si. The van der Waals surface area contributed by atoms with Gasteiger partial charge in [0.1, 0.15) is 0 Å². The maximum absolute atomic E-state index is 16.4. The fourth-order valence-electron chi connectivity index (χ4n) is 9.30. The quantitative estimate of drug-likeness (QED) is 0.0923. The van der Waals surface area contributed by atoms with Gasteiger partial charge >= 0.3 is 0 Å². The minimum atomic E-state index is -3.62. The summed E-state index contributed by atoms with van der Waals surface area (Å²) < 4.78 is 23.1. The predicted molar refractivity (Wildman–Crippen MR) is 196 cm³/mol. The first-order chi connectivity index (χ1) is 24.8. The van der Waals surface area contributed by atoms with Gasteiger partial charge in [-0.2, -0.15) is 0 Å². The minimum Gasteiger partial charge on any atom is -0.394 e. The van der Waals surface area contributed by atoms with Crippen LogP contribution in [0.3, 0.4) is 0 Å². The first kappa shape index (κ1) is 34.1. The van der Waals surface area contributed by atoms with Gasteiger partial charge in [-0.15, -0.1) is 0 Å². The largest absolute Gasteiger partial charge is 0.394 e. The second kappa shape index (κ2) is 12.3. The number of benzene rings is 4. The number of fused-ring (bicyclic) bond motifs is 2. The molecule has 3 amide bonds. The van der Waals surface area contributed by atoms with E-state index < -0.39 is 42.4 Å². The lowest BCUT2D eigenvalue weighted by molar-refractivity contribution is -0.385. The van der Waals surface area contributed by atoms with Crippen molar-refractivity contribution in [2.45, 2.75) is 69.1 Å².